The average Bonchev–Trinajstić information content (AvgIpc) is 2.20. The van der Waals surface area contributed by atoms with Crippen LogP contribution in [-0.4, -0.2) is 24.8 Å². The molecule has 1 aromatic carbocycles. The fraction of sp³-hybridized carbons (Fsp3) is 0.182. The van der Waals surface area contributed by atoms with E-state index in [4.69, 9.17) is 34.8 Å². The van der Waals surface area contributed by atoms with Gasteiger partial charge in [-0.2, -0.15) is 0 Å². The van der Waals surface area contributed by atoms with Gasteiger partial charge >= 0.3 is 0 Å². The summed E-state index contributed by atoms with van der Waals surface area (Å²) in [7, 11) is 3.64. The van der Waals surface area contributed by atoms with Crippen molar-refractivity contribution >= 4 is 40.6 Å². The highest BCUT2D eigenvalue weighted by Gasteiger charge is 2.10. The highest BCUT2D eigenvalue weighted by Crippen LogP contribution is 2.29. The minimum atomic E-state index is -0.211. The maximum absolute atomic E-state index is 11.7. The third-order valence-electron chi connectivity index (χ3n) is 1.80. The first-order valence-electron chi connectivity index (χ1n) is 4.45. The number of carbonyl (C=O) groups is 1. The van der Waals surface area contributed by atoms with E-state index in [0.29, 0.717) is 20.6 Å². The number of carbonyl (C=O) groups excluding carboxylic acids is 1. The van der Waals surface area contributed by atoms with Gasteiger partial charge < -0.3 is 4.90 Å². The van der Waals surface area contributed by atoms with Crippen molar-refractivity contribution in [2.45, 2.75) is 0 Å². The number of hydrogen-bond donors (Lipinski definition) is 0. The van der Waals surface area contributed by atoms with Crippen LogP contribution in [0.3, 0.4) is 0 Å². The van der Waals surface area contributed by atoms with Gasteiger partial charge in [0.2, 0.25) is 0 Å². The number of rotatable bonds is 3. The lowest BCUT2D eigenvalue weighted by Gasteiger charge is -2.05. The highest BCUT2D eigenvalue weighted by molar-refractivity contribution is 6.44. The average molecular weight is 279 g/mol. The van der Waals surface area contributed by atoms with E-state index in [0.717, 1.165) is 0 Å². The van der Waals surface area contributed by atoms with Crippen LogP contribution in [0.15, 0.2) is 24.4 Å². The quantitative estimate of drug-likeness (QED) is 0.475. The maximum Gasteiger partial charge on any atom is 0.188 e. The lowest BCUT2D eigenvalue weighted by Crippen LogP contribution is -2.03. The van der Waals surface area contributed by atoms with Crippen LogP contribution in [0.5, 0.6) is 0 Å². The Morgan fingerprint density at radius 3 is 2.25 bits per heavy atom. The Balaban J connectivity index is 3.05. The van der Waals surface area contributed by atoms with Crippen molar-refractivity contribution < 1.29 is 4.79 Å². The Kier molecular flexibility index (Phi) is 4.66. The van der Waals surface area contributed by atoms with Gasteiger partial charge in [-0.25, -0.2) is 0 Å². The van der Waals surface area contributed by atoms with Gasteiger partial charge in [-0.05, 0) is 12.1 Å². The van der Waals surface area contributed by atoms with Crippen LogP contribution in [-0.2, 0) is 0 Å². The molecule has 0 aromatic heterocycles. The summed E-state index contributed by atoms with van der Waals surface area (Å²) in [6, 6.07) is 2.93. The molecule has 0 radical (unpaired) electrons. The smallest absolute Gasteiger partial charge is 0.188 e. The second-order valence-corrected chi connectivity index (χ2v) is 4.61. The zero-order valence-corrected chi connectivity index (χ0v) is 11.1. The fourth-order valence-corrected chi connectivity index (χ4v) is 1.66. The van der Waals surface area contributed by atoms with E-state index < -0.39 is 0 Å². The highest BCUT2D eigenvalue weighted by atomic mass is 35.5. The summed E-state index contributed by atoms with van der Waals surface area (Å²) in [6.45, 7) is 0. The first-order chi connectivity index (χ1) is 7.41. The van der Waals surface area contributed by atoms with Crippen LogP contribution in [0.1, 0.15) is 10.4 Å². The maximum atomic E-state index is 11.7. The third-order valence-corrected chi connectivity index (χ3v) is 2.83. The molecule has 86 valence electrons. The van der Waals surface area contributed by atoms with Gasteiger partial charge in [0.25, 0.3) is 0 Å². The predicted octanol–water partition coefficient (Wildman–Crippen LogP) is 3.90. The number of benzene rings is 1. The molecular weight excluding hydrogens is 268 g/mol. The normalized spacial score (nSPS) is 10.8. The van der Waals surface area contributed by atoms with Gasteiger partial charge in [0, 0.05) is 31.9 Å². The summed E-state index contributed by atoms with van der Waals surface area (Å²) in [4.78, 5) is 13.5. The van der Waals surface area contributed by atoms with Crippen molar-refractivity contribution in [3.63, 3.8) is 0 Å². The Morgan fingerprint density at radius 1 is 1.12 bits per heavy atom. The van der Waals surface area contributed by atoms with Crippen LogP contribution in [0.4, 0.5) is 0 Å². The van der Waals surface area contributed by atoms with Crippen molar-refractivity contribution in [1.82, 2.24) is 4.90 Å². The van der Waals surface area contributed by atoms with Gasteiger partial charge in [-0.1, -0.05) is 34.8 Å². The van der Waals surface area contributed by atoms with E-state index in [9.17, 15) is 4.79 Å². The number of ketones is 1. The summed E-state index contributed by atoms with van der Waals surface area (Å²) in [5.41, 5.74) is 0.342. The number of allylic oxidation sites excluding steroid dienone is 1. The molecule has 0 aliphatic heterocycles. The Hall–Kier alpha value is -0.700. The standard InChI is InChI=1S/C11H10Cl3NO/c1-15(2)4-3-11(16)7-5-9(13)10(14)6-8(7)12/h3-6H,1-2H3/b4-3+. The number of hydrogen-bond acceptors (Lipinski definition) is 2. The van der Waals surface area contributed by atoms with E-state index in [2.05, 4.69) is 0 Å². The van der Waals surface area contributed by atoms with Crippen LogP contribution in [0.2, 0.25) is 15.1 Å². The topological polar surface area (TPSA) is 20.3 Å². The van der Waals surface area contributed by atoms with Crippen molar-refractivity contribution in [2.75, 3.05) is 14.1 Å². The van der Waals surface area contributed by atoms with Crippen LogP contribution in [0.25, 0.3) is 0 Å². The summed E-state index contributed by atoms with van der Waals surface area (Å²) in [6.07, 6.45) is 3.06. The molecule has 0 atom stereocenters. The predicted molar refractivity (Wildman–Crippen MR) is 68.6 cm³/mol. The fourth-order valence-electron chi connectivity index (χ4n) is 1.02. The molecular formula is C11H10Cl3NO. The summed E-state index contributed by atoms with van der Waals surface area (Å²) in [5, 5.41) is 0.940. The molecule has 0 fully saturated rings. The molecule has 16 heavy (non-hydrogen) atoms. The van der Waals surface area contributed by atoms with Crippen LogP contribution < -0.4 is 0 Å². The van der Waals surface area contributed by atoms with E-state index in [-0.39, 0.29) is 5.78 Å². The number of nitrogens with zero attached hydrogens (tertiary/aromatic N) is 1. The molecule has 0 unspecified atom stereocenters. The number of halogens is 3. The molecule has 1 aromatic rings. The molecule has 0 aliphatic carbocycles. The Morgan fingerprint density at radius 2 is 1.69 bits per heavy atom. The molecule has 0 N–H and O–H groups in total. The first-order valence-corrected chi connectivity index (χ1v) is 5.58. The molecule has 5 heteroatoms. The van der Waals surface area contributed by atoms with E-state index >= 15 is 0 Å². The second-order valence-electron chi connectivity index (χ2n) is 3.39. The van der Waals surface area contributed by atoms with Crippen LogP contribution >= 0.6 is 34.8 Å². The monoisotopic (exact) mass is 277 g/mol. The van der Waals surface area contributed by atoms with Gasteiger partial charge in [0.15, 0.2) is 5.78 Å². The third kappa shape index (κ3) is 3.41. The van der Waals surface area contributed by atoms with Gasteiger partial charge in [-0.15, -0.1) is 0 Å². The summed E-state index contributed by atoms with van der Waals surface area (Å²) in [5.74, 6) is -0.211. The Labute approximate surface area is 109 Å². The molecule has 1 rings (SSSR count). The van der Waals surface area contributed by atoms with Gasteiger partial charge in [0.05, 0.1) is 15.1 Å². The zero-order valence-electron chi connectivity index (χ0n) is 8.80. The van der Waals surface area contributed by atoms with E-state index in [1.54, 1.807) is 11.1 Å². The largest absolute Gasteiger partial charge is 0.383 e. The van der Waals surface area contributed by atoms with E-state index in [1.807, 2.05) is 14.1 Å². The van der Waals surface area contributed by atoms with Crippen LogP contribution in [0, 0.1) is 0 Å². The molecule has 2 nitrogen and oxygen atoms in total. The SMILES string of the molecule is CN(C)/C=C/C(=O)c1cc(Cl)c(Cl)cc1Cl. The van der Waals surface area contributed by atoms with Crippen molar-refractivity contribution in [2.24, 2.45) is 0 Å². The molecule has 0 saturated heterocycles. The second kappa shape index (κ2) is 5.58. The Bertz CT molecular complexity index is 441. The summed E-state index contributed by atoms with van der Waals surface area (Å²) >= 11 is 17.5. The zero-order chi connectivity index (χ0) is 12.3. The minimum absolute atomic E-state index is 0.211. The van der Waals surface area contributed by atoms with Crippen molar-refractivity contribution in [3.8, 4) is 0 Å². The summed E-state index contributed by atoms with van der Waals surface area (Å²) < 4.78 is 0. The molecule has 0 spiro atoms. The minimum Gasteiger partial charge on any atom is -0.383 e. The molecule has 0 heterocycles. The molecule has 0 aliphatic rings. The molecule has 0 saturated carbocycles. The van der Waals surface area contributed by atoms with E-state index in [1.165, 1.54) is 18.2 Å². The molecule has 0 amide bonds. The lowest BCUT2D eigenvalue weighted by atomic mass is 10.1. The lowest BCUT2D eigenvalue weighted by molar-refractivity contribution is 0.104. The first kappa shape index (κ1) is 13.4. The van der Waals surface area contributed by atoms with Crippen molar-refractivity contribution in [1.29, 1.82) is 0 Å². The van der Waals surface area contributed by atoms with Gasteiger partial charge in [0.1, 0.15) is 0 Å². The van der Waals surface area contributed by atoms with Gasteiger partial charge in [-0.3, -0.25) is 4.79 Å². The molecule has 0 bridgehead atoms. The van der Waals surface area contributed by atoms with Crippen molar-refractivity contribution in [3.05, 3.63) is 45.0 Å².